The molecule has 1 nitrogen and oxygen atoms in total. The Morgan fingerprint density at radius 2 is 1.95 bits per heavy atom. The van der Waals surface area contributed by atoms with Crippen LogP contribution in [-0.2, 0) is 6.54 Å². The Morgan fingerprint density at radius 1 is 1.16 bits per heavy atom. The van der Waals surface area contributed by atoms with Crippen LogP contribution in [0.1, 0.15) is 51.5 Å². The molecule has 1 aliphatic heterocycles. The lowest BCUT2D eigenvalue weighted by Crippen LogP contribution is -2.42. The molecule has 0 aromatic heterocycles. The third kappa shape index (κ3) is 4.21. The standard InChI is InChI=1S/C18H27N/c1-3-4-6-13-18-14-9-10-16(2)19(18)15-17-11-7-5-8-12-17/h5,7-9,11-12,14,16,18H,3-4,6,10,13,15H2,1-2H3/t16-,18-/m1/s1. The van der Waals surface area contributed by atoms with E-state index in [1.165, 1.54) is 37.7 Å². The van der Waals surface area contributed by atoms with Crippen LogP contribution in [0.25, 0.3) is 0 Å². The molecule has 0 fully saturated rings. The molecular formula is C18H27N. The number of nitrogens with zero attached hydrogens (tertiary/aromatic N) is 1. The first kappa shape index (κ1) is 14.3. The molecule has 104 valence electrons. The minimum atomic E-state index is 0.635. The minimum Gasteiger partial charge on any atom is -0.290 e. The van der Waals surface area contributed by atoms with Gasteiger partial charge in [-0.05, 0) is 25.3 Å². The van der Waals surface area contributed by atoms with Crippen molar-refractivity contribution in [2.75, 3.05) is 0 Å². The van der Waals surface area contributed by atoms with E-state index >= 15 is 0 Å². The predicted octanol–water partition coefficient (Wildman–Crippen LogP) is 4.79. The molecule has 1 aliphatic rings. The highest BCUT2D eigenvalue weighted by atomic mass is 15.2. The molecule has 1 aromatic carbocycles. The predicted molar refractivity (Wildman–Crippen MR) is 83.1 cm³/mol. The van der Waals surface area contributed by atoms with Crippen molar-refractivity contribution in [3.63, 3.8) is 0 Å². The van der Waals surface area contributed by atoms with Gasteiger partial charge in [0, 0.05) is 18.6 Å². The Bertz CT molecular complexity index is 382. The van der Waals surface area contributed by atoms with Crippen LogP contribution >= 0.6 is 0 Å². The molecule has 0 saturated heterocycles. The van der Waals surface area contributed by atoms with E-state index in [2.05, 4.69) is 61.2 Å². The summed E-state index contributed by atoms with van der Waals surface area (Å²) in [4.78, 5) is 2.67. The Hall–Kier alpha value is -1.08. The van der Waals surface area contributed by atoms with Crippen molar-refractivity contribution in [2.24, 2.45) is 0 Å². The van der Waals surface area contributed by atoms with Crippen molar-refractivity contribution in [2.45, 2.75) is 64.6 Å². The molecule has 0 saturated carbocycles. The largest absolute Gasteiger partial charge is 0.290 e. The van der Waals surface area contributed by atoms with Gasteiger partial charge in [-0.3, -0.25) is 4.90 Å². The lowest BCUT2D eigenvalue weighted by molar-refractivity contribution is 0.143. The van der Waals surface area contributed by atoms with E-state index < -0.39 is 0 Å². The monoisotopic (exact) mass is 257 g/mol. The summed E-state index contributed by atoms with van der Waals surface area (Å²) in [5.41, 5.74) is 1.44. The number of hydrogen-bond acceptors (Lipinski definition) is 1. The van der Waals surface area contributed by atoms with Gasteiger partial charge in [-0.2, -0.15) is 0 Å². The van der Waals surface area contributed by atoms with E-state index in [9.17, 15) is 0 Å². The van der Waals surface area contributed by atoms with E-state index in [1.807, 2.05) is 0 Å². The fourth-order valence-electron chi connectivity index (χ4n) is 2.94. The normalized spacial score (nSPS) is 23.7. The second-order valence-electron chi connectivity index (χ2n) is 5.73. The molecule has 2 rings (SSSR count). The van der Waals surface area contributed by atoms with E-state index in [0.717, 1.165) is 6.54 Å². The highest BCUT2D eigenvalue weighted by Gasteiger charge is 2.23. The first-order valence-electron chi connectivity index (χ1n) is 7.77. The maximum atomic E-state index is 2.67. The third-order valence-electron chi connectivity index (χ3n) is 4.14. The van der Waals surface area contributed by atoms with Crippen LogP contribution in [0.4, 0.5) is 0 Å². The topological polar surface area (TPSA) is 3.24 Å². The number of unbranched alkanes of at least 4 members (excludes halogenated alkanes) is 2. The minimum absolute atomic E-state index is 0.635. The van der Waals surface area contributed by atoms with Gasteiger partial charge in [-0.15, -0.1) is 0 Å². The fraction of sp³-hybridized carbons (Fsp3) is 0.556. The van der Waals surface area contributed by atoms with E-state index in [1.54, 1.807) is 0 Å². The van der Waals surface area contributed by atoms with Gasteiger partial charge >= 0.3 is 0 Å². The summed E-state index contributed by atoms with van der Waals surface area (Å²) in [5.74, 6) is 0. The molecule has 1 heterocycles. The molecule has 0 N–H and O–H groups in total. The summed E-state index contributed by atoms with van der Waals surface area (Å²) in [7, 11) is 0. The highest BCUT2D eigenvalue weighted by molar-refractivity contribution is 5.16. The number of benzene rings is 1. The Morgan fingerprint density at radius 3 is 2.68 bits per heavy atom. The zero-order valence-electron chi connectivity index (χ0n) is 12.4. The van der Waals surface area contributed by atoms with E-state index in [4.69, 9.17) is 0 Å². The van der Waals surface area contributed by atoms with Gasteiger partial charge in [-0.1, -0.05) is 68.7 Å². The van der Waals surface area contributed by atoms with Crippen LogP contribution in [-0.4, -0.2) is 17.0 Å². The fourth-order valence-corrected chi connectivity index (χ4v) is 2.94. The lowest BCUT2D eigenvalue weighted by Gasteiger charge is -2.37. The second kappa shape index (κ2) is 7.49. The summed E-state index contributed by atoms with van der Waals surface area (Å²) in [6, 6.07) is 12.2. The third-order valence-corrected chi connectivity index (χ3v) is 4.14. The van der Waals surface area contributed by atoms with Gasteiger partial charge in [0.2, 0.25) is 0 Å². The maximum Gasteiger partial charge on any atom is 0.0284 e. The van der Waals surface area contributed by atoms with Gasteiger partial charge in [0.15, 0.2) is 0 Å². The summed E-state index contributed by atoms with van der Waals surface area (Å²) in [5, 5.41) is 0. The average molecular weight is 257 g/mol. The maximum absolute atomic E-state index is 2.67. The molecule has 19 heavy (non-hydrogen) atoms. The zero-order valence-corrected chi connectivity index (χ0v) is 12.4. The van der Waals surface area contributed by atoms with Crippen LogP contribution in [0.2, 0.25) is 0 Å². The van der Waals surface area contributed by atoms with E-state index in [-0.39, 0.29) is 0 Å². The van der Waals surface area contributed by atoms with Gasteiger partial charge < -0.3 is 0 Å². The van der Waals surface area contributed by atoms with Crippen LogP contribution in [0.3, 0.4) is 0 Å². The molecule has 0 aliphatic carbocycles. The van der Waals surface area contributed by atoms with Crippen molar-refractivity contribution in [1.29, 1.82) is 0 Å². The van der Waals surface area contributed by atoms with Crippen molar-refractivity contribution >= 4 is 0 Å². The van der Waals surface area contributed by atoms with Crippen molar-refractivity contribution < 1.29 is 0 Å². The van der Waals surface area contributed by atoms with Crippen LogP contribution in [0.5, 0.6) is 0 Å². The molecule has 1 aromatic rings. The summed E-state index contributed by atoms with van der Waals surface area (Å²) in [6.45, 7) is 5.73. The van der Waals surface area contributed by atoms with Crippen molar-refractivity contribution in [3.05, 3.63) is 48.0 Å². The Balaban J connectivity index is 1.99. The lowest BCUT2D eigenvalue weighted by atomic mass is 9.98. The number of rotatable bonds is 6. The average Bonchev–Trinajstić information content (AvgIpc) is 2.44. The van der Waals surface area contributed by atoms with Crippen LogP contribution < -0.4 is 0 Å². The quantitative estimate of drug-likeness (QED) is 0.523. The van der Waals surface area contributed by atoms with Gasteiger partial charge in [0.25, 0.3) is 0 Å². The van der Waals surface area contributed by atoms with Gasteiger partial charge in [0.05, 0.1) is 0 Å². The van der Waals surface area contributed by atoms with Crippen molar-refractivity contribution in [1.82, 2.24) is 4.90 Å². The van der Waals surface area contributed by atoms with Gasteiger partial charge in [-0.25, -0.2) is 0 Å². The molecule has 0 unspecified atom stereocenters. The summed E-state index contributed by atoms with van der Waals surface area (Å²) >= 11 is 0. The highest BCUT2D eigenvalue weighted by Crippen LogP contribution is 2.23. The Kier molecular flexibility index (Phi) is 5.65. The number of hydrogen-bond donors (Lipinski definition) is 0. The molecule has 0 spiro atoms. The van der Waals surface area contributed by atoms with Crippen molar-refractivity contribution in [3.8, 4) is 0 Å². The van der Waals surface area contributed by atoms with Gasteiger partial charge in [0.1, 0.15) is 0 Å². The molecule has 0 bridgehead atoms. The first-order valence-corrected chi connectivity index (χ1v) is 7.77. The molecule has 0 amide bonds. The second-order valence-corrected chi connectivity index (χ2v) is 5.73. The summed E-state index contributed by atoms with van der Waals surface area (Å²) < 4.78 is 0. The molecule has 2 atom stereocenters. The van der Waals surface area contributed by atoms with Crippen LogP contribution in [0.15, 0.2) is 42.5 Å². The van der Waals surface area contributed by atoms with Crippen LogP contribution in [0, 0.1) is 0 Å². The zero-order chi connectivity index (χ0) is 13.5. The first-order chi connectivity index (χ1) is 9.31. The smallest absolute Gasteiger partial charge is 0.0284 e. The molecule has 1 heteroatoms. The molecule has 0 radical (unpaired) electrons. The van der Waals surface area contributed by atoms with E-state index in [0.29, 0.717) is 12.1 Å². The SMILES string of the molecule is CCCCC[C@@H]1C=CC[C@@H](C)N1Cc1ccccc1. The summed E-state index contributed by atoms with van der Waals surface area (Å²) in [6.07, 6.45) is 11.3. The molecular weight excluding hydrogens is 230 g/mol. The Labute approximate surface area is 118 Å².